The zero-order valence-corrected chi connectivity index (χ0v) is 12.5. The van der Waals surface area contributed by atoms with Crippen LogP contribution in [-0.2, 0) is 0 Å². The molecule has 0 aliphatic heterocycles. The van der Waals surface area contributed by atoms with Crippen LogP contribution in [0.3, 0.4) is 0 Å². The number of benzene rings is 1. The van der Waals surface area contributed by atoms with E-state index in [1.54, 1.807) is 23.5 Å². The maximum Gasteiger partial charge on any atom is 0.141 e. The fraction of sp³-hybridized carbons (Fsp3) is 0.357. The lowest BCUT2D eigenvalue weighted by Crippen LogP contribution is -2.04. The topological polar surface area (TPSA) is 38.9 Å². The van der Waals surface area contributed by atoms with Crippen LogP contribution in [0.1, 0.15) is 29.1 Å². The van der Waals surface area contributed by atoms with Gasteiger partial charge in [0.25, 0.3) is 0 Å². The van der Waals surface area contributed by atoms with E-state index in [-0.39, 0.29) is 5.02 Å². The van der Waals surface area contributed by atoms with Gasteiger partial charge in [-0.25, -0.2) is 9.37 Å². The highest BCUT2D eigenvalue weighted by molar-refractivity contribution is 7.12. The van der Waals surface area contributed by atoms with Crippen molar-refractivity contribution in [1.29, 1.82) is 0 Å². The van der Waals surface area contributed by atoms with E-state index in [2.05, 4.69) is 11.9 Å². The van der Waals surface area contributed by atoms with Gasteiger partial charge in [0.05, 0.1) is 15.7 Å². The number of aryl methyl sites for hydroxylation is 1. The number of nitrogens with two attached hydrogens (primary N) is 1. The summed E-state index contributed by atoms with van der Waals surface area (Å²) < 4.78 is 13.2. The third-order valence-corrected chi connectivity index (χ3v) is 4.49. The molecule has 0 amide bonds. The summed E-state index contributed by atoms with van der Waals surface area (Å²) in [6, 6.07) is 4.72. The molecular weight excluding hydrogens is 283 g/mol. The minimum atomic E-state index is -0.408. The molecule has 0 saturated carbocycles. The van der Waals surface area contributed by atoms with E-state index in [0.29, 0.717) is 12.5 Å². The minimum Gasteiger partial charge on any atom is -0.330 e. The standard InChI is InChI=1S/C14H16ClFN2S/c1-8(5-6-17)14-13(18-9(2)19-14)10-3-4-12(16)11(15)7-10/h3-4,7-8H,5-6,17H2,1-2H3. The molecule has 1 atom stereocenters. The predicted octanol–water partition coefficient (Wildman–Crippen LogP) is 4.36. The SMILES string of the molecule is Cc1nc(-c2ccc(F)c(Cl)c2)c(C(C)CCN)s1. The molecule has 5 heteroatoms. The summed E-state index contributed by atoms with van der Waals surface area (Å²) in [5.41, 5.74) is 7.37. The number of thiazole rings is 1. The molecule has 0 radical (unpaired) electrons. The highest BCUT2D eigenvalue weighted by Crippen LogP contribution is 2.36. The number of nitrogens with zero attached hydrogens (tertiary/aromatic N) is 1. The largest absolute Gasteiger partial charge is 0.330 e. The lowest BCUT2D eigenvalue weighted by molar-refractivity contribution is 0.628. The van der Waals surface area contributed by atoms with Gasteiger partial charge < -0.3 is 5.73 Å². The summed E-state index contributed by atoms with van der Waals surface area (Å²) in [5.74, 6) is -0.0658. The van der Waals surface area contributed by atoms with E-state index < -0.39 is 5.82 Å². The molecule has 1 aromatic carbocycles. The highest BCUT2D eigenvalue weighted by atomic mass is 35.5. The number of aromatic nitrogens is 1. The van der Waals surface area contributed by atoms with Gasteiger partial charge in [0, 0.05) is 10.4 Å². The summed E-state index contributed by atoms with van der Waals surface area (Å²) in [6.07, 6.45) is 0.906. The third kappa shape index (κ3) is 3.14. The van der Waals surface area contributed by atoms with Crippen LogP contribution < -0.4 is 5.73 Å². The van der Waals surface area contributed by atoms with E-state index in [0.717, 1.165) is 22.7 Å². The Morgan fingerprint density at radius 2 is 2.21 bits per heavy atom. The molecule has 19 heavy (non-hydrogen) atoms. The Morgan fingerprint density at radius 3 is 2.84 bits per heavy atom. The van der Waals surface area contributed by atoms with Gasteiger partial charge in [-0.15, -0.1) is 11.3 Å². The van der Waals surface area contributed by atoms with Crippen molar-refractivity contribution in [3.63, 3.8) is 0 Å². The second kappa shape index (κ2) is 5.99. The van der Waals surface area contributed by atoms with Crippen molar-refractivity contribution in [3.8, 4) is 11.3 Å². The zero-order valence-electron chi connectivity index (χ0n) is 10.9. The summed E-state index contributed by atoms with van der Waals surface area (Å²) in [6.45, 7) is 4.74. The quantitative estimate of drug-likeness (QED) is 0.910. The summed E-state index contributed by atoms with van der Waals surface area (Å²) >= 11 is 7.51. The van der Waals surface area contributed by atoms with Crippen molar-refractivity contribution < 1.29 is 4.39 Å². The predicted molar refractivity (Wildman–Crippen MR) is 79.3 cm³/mol. The Morgan fingerprint density at radius 1 is 1.47 bits per heavy atom. The minimum absolute atomic E-state index is 0.126. The van der Waals surface area contributed by atoms with Crippen LogP contribution in [0.5, 0.6) is 0 Å². The van der Waals surface area contributed by atoms with Gasteiger partial charge in [-0.1, -0.05) is 18.5 Å². The van der Waals surface area contributed by atoms with Crippen LogP contribution in [-0.4, -0.2) is 11.5 Å². The Labute approximate surface area is 121 Å². The lowest BCUT2D eigenvalue weighted by atomic mass is 10.0. The van der Waals surface area contributed by atoms with Crippen molar-refractivity contribution >= 4 is 22.9 Å². The van der Waals surface area contributed by atoms with Crippen molar-refractivity contribution in [2.75, 3.05) is 6.54 Å². The first kappa shape index (κ1) is 14.4. The fourth-order valence-corrected chi connectivity index (χ4v) is 3.22. The van der Waals surface area contributed by atoms with E-state index >= 15 is 0 Å². The van der Waals surface area contributed by atoms with Crippen LogP contribution in [0.4, 0.5) is 4.39 Å². The van der Waals surface area contributed by atoms with Crippen LogP contribution >= 0.6 is 22.9 Å². The molecule has 102 valence electrons. The van der Waals surface area contributed by atoms with E-state index in [1.165, 1.54) is 10.9 Å². The fourth-order valence-electron chi connectivity index (χ4n) is 2.01. The summed E-state index contributed by atoms with van der Waals surface area (Å²) in [4.78, 5) is 5.74. The monoisotopic (exact) mass is 298 g/mol. The van der Waals surface area contributed by atoms with Gasteiger partial charge in [0.2, 0.25) is 0 Å². The van der Waals surface area contributed by atoms with Gasteiger partial charge in [0.1, 0.15) is 5.82 Å². The highest BCUT2D eigenvalue weighted by Gasteiger charge is 2.17. The molecule has 0 bridgehead atoms. The molecule has 1 aromatic heterocycles. The molecule has 1 heterocycles. The van der Waals surface area contributed by atoms with Crippen LogP contribution in [0.15, 0.2) is 18.2 Å². The maximum atomic E-state index is 13.2. The molecule has 0 aliphatic rings. The van der Waals surface area contributed by atoms with Crippen molar-refractivity contribution in [2.45, 2.75) is 26.2 Å². The van der Waals surface area contributed by atoms with Crippen LogP contribution in [0, 0.1) is 12.7 Å². The summed E-state index contributed by atoms with van der Waals surface area (Å²) in [5, 5.41) is 1.12. The van der Waals surface area contributed by atoms with E-state index in [4.69, 9.17) is 17.3 Å². The molecule has 0 spiro atoms. The maximum absolute atomic E-state index is 13.2. The van der Waals surface area contributed by atoms with Crippen molar-refractivity contribution in [2.24, 2.45) is 5.73 Å². The van der Waals surface area contributed by atoms with E-state index in [1.807, 2.05) is 6.92 Å². The zero-order chi connectivity index (χ0) is 14.0. The molecule has 2 aromatic rings. The molecule has 0 saturated heterocycles. The third-order valence-electron chi connectivity index (χ3n) is 3.00. The average Bonchev–Trinajstić information content (AvgIpc) is 2.75. The summed E-state index contributed by atoms with van der Waals surface area (Å²) in [7, 11) is 0. The molecular formula is C14H16ClFN2S. The number of rotatable bonds is 4. The van der Waals surface area contributed by atoms with Crippen LogP contribution in [0.25, 0.3) is 11.3 Å². The molecule has 2 N–H and O–H groups in total. The van der Waals surface area contributed by atoms with Crippen molar-refractivity contribution in [1.82, 2.24) is 4.98 Å². The molecule has 0 aliphatic carbocycles. The van der Waals surface area contributed by atoms with Gasteiger partial charge in [-0.3, -0.25) is 0 Å². The Hall–Kier alpha value is -0.970. The molecule has 2 rings (SSSR count). The van der Waals surface area contributed by atoms with Gasteiger partial charge in [-0.2, -0.15) is 0 Å². The second-order valence-electron chi connectivity index (χ2n) is 4.55. The number of hydrogen-bond acceptors (Lipinski definition) is 3. The normalized spacial score (nSPS) is 12.7. The second-order valence-corrected chi connectivity index (χ2v) is 6.20. The average molecular weight is 299 g/mol. The van der Waals surface area contributed by atoms with E-state index in [9.17, 15) is 4.39 Å². The molecule has 0 fully saturated rings. The first-order valence-electron chi connectivity index (χ1n) is 6.15. The number of halogens is 2. The Bertz CT molecular complexity index is 583. The van der Waals surface area contributed by atoms with Gasteiger partial charge in [0.15, 0.2) is 0 Å². The molecule has 2 nitrogen and oxygen atoms in total. The Kier molecular flexibility index (Phi) is 4.55. The lowest BCUT2D eigenvalue weighted by Gasteiger charge is -2.10. The Balaban J connectivity index is 2.46. The molecule has 1 unspecified atom stereocenters. The number of hydrogen-bond donors (Lipinski definition) is 1. The first-order valence-corrected chi connectivity index (χ1v) is 7.35. The smallest absolute Gasteiger partial charge is 0.141 e. The van der Waals surface area contributed by atoms with Crippen molar-refractivity contribution in [3.05, 3.63) is 38.9 Å². The van der Waals surface area contributed by atoms with Crippen LogP contribution in [0.2, 0.25) is 5.02 Å². The first-order chi connectivity index (χ1) is 9.02. The van der Waals surface area contributed by atoms with Gasteiger partial charge in [-0.05, 0) is 44.0 Å². The van der Waals surface area contributed by atoms with Gasteiger partial charge >= 0.3 is 0 Å².